The number of hydrogen-bond donors (Lipinski definition) is 1. The maximum Gasteiger partial charge on any atom is 0.260 e. The lowest BCUT2D eigenvalue weighted by Crippen LogP contribution is -2.15. The molecule has 2 aliphatic heterocycles. The van der Waals surface area contributed by atoms with Crippen LogP contribution in [0.3, 0.4) is 0 Å². The number of fused-ring (bicyclic) bond motifs is 2. The summed E-state index contributed by atoms with van der Waals surface area (Å²) in [5, 5.41) is 13.2. The van der Waals surface area contributed by atoms with Gasteiger partial charge in [-0.2, -0.15) is 4.98 Å². The van der Waals surface area contributed by atoms with Crippen molar-refractivity contribution < 1.29 is 18.8 Å². The Balaban J connectivity index is 1.65. The van der Waals surface area contributed by atoms with E-state index in [0.29, 0.717) is 11.9 Å². The fraction of sp³-hybridized carbons (Fsp3) is 0.429. The summed E-state index contributed by atoms with van der Waals surface area (Å²) < 4.78 is 24.7. The van der Waals surface area contributed by atoms with E-state index in [1.54, 1.807) is 0 Å². The summed E-state index contributed by atoms with van der Waals surface area (Å²) in [6.07, 6.45) is 3.49. The number of nitrogens with zero attached hydrogens (tertiary/aromatic N) is 2. The Hall–Kier alpha value is -1.95. The zero-order valence-corrected chi connectivity index (χ0v) is 10.6. The highest BCUT2D eigenvalue weighted by molar-refractivity contribution is 5.55. The van der Waals surface area contributed by atoms with Gasteiger partial charge in [-0.15, -0.1) is 0 Å². The number of phenolic OH excluding ortho intramolecular Hbond substituents is 1. The van der Waals surface area contributed by atoms with E-state index in [1.165, 1.54) is 12.1 Å². The third-order valence-electron chi connectivity index (χ3n) is 4.06. The summed E-state index contributed by atoms with van der Waals surface area (Å²) >= 11 is 0. The molecule has 3 unspecified atom stereocenters. The molecule has 3 atom stereocenters. The zero-order valence-electron chi connectivity index (χ0n) is 10.6. The van der Waals surface area contributed by atoms with Crippen molar-refractivity contribution in [3.63, 3.8) is 0 Å². The van der Waals surface area contributed by atoms with Crippen LogP contribution in [0.25, 0.3) is 11.5 Å². The van der Waals surface area contributed by atoms with Crippen molar-refractivity contribution in [2.75, 3.05) is 0 Å². The molecular formula is C14H13FN2O3. The van der Waals surface area contributed by atoms with Crippen molar-refractivity contribution in [2.45, 2.75) is 37.4 Å². The van der Waals surface area contributed by atoms with E-state index in [1.807, 2.05) is 0 Å². The van der Waals surface area contributed by atoms with Gasteiger partial charge in [0.1, 0.15) is 11.6 Å². The van der Waals surface area contributed by atoms with Crippen LogP contribution in [-0.2, 0) is 4.74 Å². The first-order valence-corrected chi connectivity index (χ1v) is 6.68. The zero-order chi connectivity index (χ0) is 13.7. The smallest absolute Gasteiger partial charge is 0.260 e. The second kappa shape index (κ2) is 4.28. The lowest BCUT2D eigenvalue weighted by atomic mass is 9.89. The molecule has 1 aromatic carbocycles. The number of rotatable bonds is 2. The van der Waals surface area contributed by atoms with Crippen molar-refractivity contribution in [3.05, 3.63) is 29.8 Å². The Labute approximate surface area is 114 Å². The fourth-order valence-corrected chi connectivity index (χ4v) is 3.08. The molecule has 0 spiro atoms. The molecule has 1 aromatic heterocycles. The van der Waals surface area contributed by atoms with Gasteiger partial charge in [-0.25, -0.2) is 4.39 Å². The van der Waals surface area contributed by atoms with E-state index in [0.717, 1.165) is 25.3 Å². The Morgan fingerprint density at radius 2 is 2.20 bits per heavy atom. The molecule has 2 aromatic rings. The van der Waals surface area contributed by atoms with Crippen LogP contribution < -0.4 is 0 Å². The number of ether oxygens (including phenoxy) is 1. The molecule has 0 radical (unpaired) electrons. The van der Waals surface area contributed by atoms with Crippen molar-refractivity contribution in [1.82, 2.24) is 10.1 Å². The third-order valence-corrected chi connectivity index (χ3v) is 4.06. The summed E-state index contributed by atoms with van der Waals surface area (Å²) in [7, 11) is 0. The molecule has 3 heterocycles. The highest BCUT2D eigenvalue weighted by Gasteiger charge is 2.43. The normalized spacial score (nSPS) is 28.1. The molecule has 0 aliphatic carbocycles. The molecule has 2 bridgehead atoms. The van der Waals surface area contributed by atoms with E-state index < -0.39 is 5.82 Å². The van der Waals surface area contributed by atoms with Gasteiger partial charge >= 0.3 is 0 Å². The average molecular weight is 276 g/mol. The highest BCUT2D eigenvalue weighted by Crippen LogP contribution is 2.43. The number of hydrogen-bond acceptors (Lipinski definition) is 5. The first kappa shape index (κ1) is 11.8. The molecule has 0 saturated carbocycles. The van der Waals surface area contributed by atoms with E-state index in [9.17, 15) is 9.50 Å². The van der Waals surface area contributed by atoms with Crippen LogP contribution in [0.1, 0.15) is 31.0 Å². The van der Waals surface area contributed by atoms with Crippen LogP contribution in [0.2, 0.25) is 0 Å². The highest BCUT2D eigenvalue weighted by atomic mass is 19.1. The summed E-state index contributed by atoms with van der Waals surface area (Å²) in [5.74, 6) is 0.156. The maximum atomic E-state index is 13.8. The quantitative estimate of drug-likeness (QED) is 0.913. The number of halogens is 1. The van der Waals surface area contributed by atoms with Gasteiger partial charge in [0.2, 0.25) is 0 Å². The maximum absolute atomic E-state index is 13.8. The second-order valence-corrected chi connectivity index (χ2v) is 5.34. The standard InChI is InChI=1S/C14H13FN2O3/c15-11-5-7(18)1-3-9(11)14-16-13(17-20-14)10-6-8-2-4-12(10)19-8/h1,3,5,8,10,12,18H,2,4,6H2. The lowest BCUT2D eigenvalue weighted by Gasteiger charge is -2.13. The molecule has 2 fully saturated rings. The summed E-state index contributed by atoms with van der Waals surface area (Å²) in [6, 6.07) is 3.85. The van der Waals surface area contributed by atoms with Gasteiger partial charge in [-0.1, -0.05) is 5.16 Å². The fourth-order valence-electron chi connectivity index (χ4n) is 3.08. The summed E-state index contributed by atoms with van der Waals surface area (Å²) in [5.41, 5.74) is 0.200. The molecule has 104 valence electrons. The van der Waals surface area contributed by atoms with Gasteiger partial charge in [0.05, 0.1) is 23.7 Å². The second-order valence-electron chi connectivity index (χ2n) is 5.34. The van der Waals surface area contributed by atoms with Crippen LogP contribution in [0.5, 0.6) is 5.75 Å². The topological polar surface area (TPSA) is 68.4 Å². The van der Waals surface area contributed by atoms with Crippen LogP contribution in [0.15, 0.2) is 22.7 Å². The van der Waals surface area contributed by atoms with Crippen molar-refractivity contribution >= 4 is 0 Å². The number of aromatic nitrogens is 2. The van der Waals surface area contributed by atoms with Crippen LogP contribution in [0, 0.1) is 5.82 Å². The SMILES string of the molecule is Oc1ccc(-c2nc(C3CC4CCC3O4)no2)c(F)c1. The van der Waals surface area contributed by atoms with E-state index in [4.69, 9.17) is 9.26 Å². The summed E-state index contributed by atoms with van der Waals surface area (Å²) in [4.78, 5) is 4.29. The van der Waals surface area contributed by atoms with Crippen molar-refractivity contribution in [2.24, 2.45) is 0 Å². The molecule has 20 heavy (non-hydrogen) atoms. The minimum Gasteiger partial charge on any atom is -0.508 e. The molecule has 2 saturated heterocycles. The molecule has 1 N–H and O–H groups in total. The minimum atomic E-state index is -0.579. The molecule has 4 rings (SSSR count). The Kier molecular flexibility index (Phi) is 2.53. The van der Waals surface area contributed by atoms with Crippen LogP contribution in [-0.4, -0.2) is 27.5 Å². The molecule has 2 aliphatic rings. The van der Waals surface area contributed by atoms with Gasteiger partial charge in [-0.3, -0.25) is 0 Å². The minimum absolute atomic E-state index is 0.132. The van der Waals surface area contributed by atoms with E-state index >= 15 is 0 Å². The largest absolute Gasteiger partial charge is 0.508 e. The van der Waals surface area contributed by atoms with Gasteiger partial charge in [0.15, 0.2) is 5.82 Å². The predicted octanol–water partition coefficient (Wildman–Crippen LogP) is 2.62. The predicted molar refractivity (Wildman–Crippen MR) is 66.6 cm³/mol. The van der Waals surface area contributed by atoms with E-state index in [-0.39, 0.29) is 29.2 Å². The summed E-state index contributed by atoms with van der Waals surface area (Å²) in [6.45, 7) is 0. The van der Waals surface area contributed by atoms with Gasteiger partial charge in [0.25, 0.3) is 5.89 Å². The number of aromatic hydroxyl groups is 1. The van der Waals surface area contributed by atoms with Crippen molar-refractivity contribution in [1.29, 1.82) is 0 Å². The van der Waals surface area contributed by atoms with Crippen LogP contribution >= 0.6 is 0 Å². The molecule has 5 nitrogen and oxygen atoms in total. The number of benzene rings is 1. The first-order valence-electron chi connectivity index (χ1n) is 6.68. The van der Waals surface area contributed by atoms with Gasteiger partial charge < -0.3 is 14.4 Å². The average Bonchev–Trinajstić information content (AvgIpc) is 3.14. The van der Waals surface area contributed by atoms with Gasteiger partial charge in [0, 0.05) is 6.07 Å². The van der Waals surface area contributed by atoms with E-state index in [2.05, 4.69) is 10.1 Å². The lowest BCUT2D eigenvalue weighted by molar-refractivity contribution is 0.0996. The Bertz CT molecular complexity index is 658. The first-order chi connectivity index (χ1) is 9.70. The van der Waals surface area contributed by atoms with Crippen molar-refractivity contribution in [3.8, 4) is 17.2 Å². The third kappa shape index (κ3) is 1.79. The molecule has 0 amide bonds. The molecular weight excluding hydrogens is 263 g/mol. The molecule has 6 heteroatoms. The number of phenols is 1. The van der Waals surface area contributed by atoms with Gasteiger partial charge in [-0.05, 0) is 31.4 Å². The van der Waals surface area contributed by atoms with Crippen LogP contribution in [0.4, 0.5) is 4.39 Å². The Morgan fingerprint density at radius 3 is 2.90 bits per heavy atom. The monoisotopic (exact) mass is 276 g/mol. The Morgan fingerprint density at radius 1 is 1.30 bits per heavy atom.